The minimum Gasteiger partial charge on any atom is -0.286 e. The fourth-order valence-corrected chi connectivity index (χ4v) is 0.660. The van der Waals surface area contributed by atoms with E-state index in [-0.39, 0.29) is 5.17 Å². The summed E-state index contributed by atoms with van der Waals surface area (Å²) in [4.78, 5) is 8.77. The molecule has 0 amide bonds. The first-order chi connectivity index (χ1) is 4.66. The van der Waals surface area contributed by atoms with Crippen molar-refractivity contribution >= 4 is 34.7 Å². The molecule has 1 radical (unpaired) electrons. The first-order valence-electron chi connectivity index (χ1n) is 2.44. The lowest BCUT2D eigenvalue weighted by Gasteiger charge is -2.16. The van der Waals surface area contributed by atoms with Gasteiger partial charge in [0, 0.05) is 0 Å². The summed E-state index contributed by atoms with van der Waals surface area (Å²) in [6, 6.07) is 0. The van der Waals surface area contributed by atoms with Crippen LogP contribution in [0.25, 0.3) is 0 Å². The first-order valence-corrected chi connectivity index (χ1v) is 3.20. The molecule has 0 fully saturated rings. The molecule has 1 aliphatic rings. The normalized spacial score (nSPS) is 30.8. The van der Waals surface area contributed by atoms with Crippen LogP contribution in [0.4, 0.5) is 0 Å². The molecule has 0 aromatic rings. The number of hydrogen-bond donors (Lipinski definition) is 1. The largest absolute Gasteiger partial charge is 0.286 e. The van der Waals surface area contributed by atoms with Crippen molar-refractivity contribution in [1.29, 1.82) is 0 Å². The van der Waals surface area contributed by atoms with Crippen molar-refractivity contribution in [2.24, 2.45) is 5.10 Å². The molecule has 0 aliphatic carbocycles. The maximum absolute atomic E-state index is 10.1. The van der Waals surface area contributed by atoms with Crippen LogP contribution >= 0.6 is 23.2 Å². The fraction of sp³-hybridized carbons (Fsp3) is 0.200. The minimum atomic E-state index is -1.33. The number of rotatable bonds is 1. The lowest BCUT2D eigenvalue weighted by Crippen LogP contribution is -2.38. The van der Waals surface area contributed by atoms with Gasteiger partial charge in [0.05, 0.1) is 0 Å². The Labute approximate surface area is 67.7 Å². The van der Waals surface area contributed by atoms with Gasteiger partial charge in [-0.1, -0.05) is 23.2 Å². The molecule has 1 heterocycles. The molecular formula is C5H3Cl2N2O. The Balaban J connectivity index is 2.76. The van der Waals surface area contributed by atoms with Gasteiger partial charge in [0.25, 0.3) is 0 Å². The molecule has 5 heteroatoms. The summed E-state index contributed by atoms with van der Waals surface area (Å²) in [7, 11) is 0. The lowest BCUT2D eigenvalue weighted by atomic mass is 10.3. The van der Waals surface area contributed by atoms with Crippen molar-refractivity contribution in [3.05, 3.63) is 12.2 Å². The summed E-state index contributed by atoms with van der Waals surface area (Å²) >= 11 is 11.0. The van der Waals surface area contributed by atoms with Crippen LogP contribution in [0.5, 0.6) is 0 Å². The quantitative estimate of drug-likeness (QED) is 0.475. The smallest absolute Gasteiger partial charge is 0.248 e. The third-order valence-electron chi connectivity index (χ3n) is 0.924. The van der Waals surface area contributed by atoms with Gasteiger partial charge in [-0.2, -0.15) is 5.10 Å². The monoisotopic (exact) mass is 177 g/mol. The highest BCUT2D eigenvalue weighted by Gasteiger charge is 2.25. The predicted octanol–water partition coefficient (Wildman–Crippen LogP) is 0.743. The van der Waals surface area contributed by atoms with Crippen LogP contribution < -0.4 is 5.43 Å². The molecule has 0 saturated carbocycles. The highest BCUT2D eigenvalue weighted by Crippen LogP contribution is 2.13. The number of alkyl halides is 1. The average Bonchev–Trinajstić information content (AvgIpc) is 1.96. The zero-order valence-electron chi connectivity index (χ0n) is 4.77. The third kappa shape index (κ3) is 1.49. The molecule has 0 aromatic heterocycles. The summed E-state index contributed by atoms with van der Waals surface area (Å²) < 4.78 is 0. The van der Waals surface area contributed by atoms with Crippen LogP contribution in [-0.4, -0.2) is 16.5 Å². The lowest BCUT2D eigenvalue weighted by molar-refractivity contribution is 0.526. The van der Waals surface area contributed by atoms with E-state index in [4.69, 9.17) is 23.2 Å². The second kappa shape index (κ2) is 2.60. The Bertz CT molecular complexity index is 214. The maximum Gasteiger partial charge on any atom is 0.248 e. The molecule has 53 valence electrons. The van der Waals surface area contributed by atoms with Gasteiger partial charge >= 0.3 is 0 Å². The van der Waals surface area contributed by atoms with Crippen LogP contribution in [0.2, 0.25) is 0 Å². The summed E-state index contributed by atoms with van der Waals surface area (Å²) in [5, 5.41) is 3.76. The average molecular weight is 178 g/mol. The highest BCUT2D eigenvalue weighted by molar-refractivity contribution is 6.68. The predicted molar refractivity (Wildman–Crippen MR) is 39.8 cm³/mol. The number of hydrazone groups is 1. The number of hydrogen-bond acceptors (Lipinski definition) is 3. The van der Waals surface area contributed by atoms with Crippen molar-refractivity contribution in [3.8, 4) is 0 Å². The maximum atomic E-state index is 10.1. The summed E-state index contributed by atoms with van der Waals surface area (Å²) in [5.41, 5.74) is 2.31. The van der Waals surface area contributed by atoms with Crippen molar-refractivity contribution in [2.45, 2.75) is 5.00 Å². The van der Waals surface area contributed by atoms with E-state index in [0.717, 1.165) is 0 Å². The first kappa shape index (κ1) is 7.57. The summed E-state index contributed by atoms with van der Waals surface area (Å²) in [6.45, 7) is 0. The van der Waals surface area contributed by atoms with E-state index in [9.17, 15) is 4.79 Å². The standard InChI is InChI=1S/C5H3Cl2N2O/c6-4-1-2-5(7,3-10)9-8-4/h1-2,9H. The summed E-state index contributed by atoms with van der Waals surface area (Å²) in [5.74, 6) is 0. The van der Waals surface area contributed by atoms with Gasteiger partial charge in [-0.05, 0) is 12.2 Å². The highest BCUT2D eigenvalue weighted by atomic mass is 35.5. The van der Waals surface area contributed by atoms with Gasteiger partial charge in [-0.15, -0.1) is 0 Å². The van der Waals surface area contributed by atoms with E-state index >= 15 is 0 Å². The van der Waals surface area contributed by atoms with Gasteiger partial charge in [0.2, 0.25) is 11.3 Å². The van der Waals surface area contributed by atoms with Crippen molar-refractivity contribution in [2.75, 3.05) is 0 Å². The molecule has 1 aliphatic heterocycles. The fourth-order valence-electron chi connectivity index (χ4n) is 0.450. The summed E-state index contributed by atoms with van der Waals surface area (Å²) in [6.07, 6.45) is 4.35. The van der Waals surface area contributed by atoms with E-state index < -0.39 is 5.00 Å². The van der Waals surface area contributed by atoms with Crippen molar-refractivity contribution in [3.63, 3.8) is 0 Å². The Morgan fingerprint density at radius 2 is 2.50 bits per heavy atom. The van der Waals surface area contributed by atoms with Crippen molar-refractivity contribution < 1.29 is 4.79 Å². The van der Waals surface area contributed by atoms with E-state index in [1.807, 2.05) is 0 Å². The second-order valence-corrected chi connectivity index (χ2v) is 2.68. The van der Waals surface area contributed by atoms with Crippen LogP contribution in [0.15, 0.2) is 17.3 Å². The SMILES string of the molecule is O=[C]C1(Cl)C=CC(Cl)=NN1. The van der Waals surface area contributed by atoms with Gasteiger partial charge in [0.15, 0.2) is 0 Å². The number of halogens is 2. The van der Waals surface area contributed by atoms with E-state index in [1.54, 1.807) is 6.29 Å². The topological polar surface area (TPSA) is 41.5 Å². The molecule has 1 N–H and O–H groups in total. The number of carbonyl (C=O) groups excluding carboxylic acids is 1. The van der Waals surface area contributed by atoms with Gasteiger partial charge < -0.3 is 0 Å². The molecular weight excluding hydrogens is 175 g/mol. The van der Waals surface area contributed by atoms with Crippen LogP contribution in [0, 0.1) is 0 Å². The van der Waals surface area contributed by atoms with E-state index in [2.05, 4.69) is 10.5 Å². The molecule has 0 saturated heterocycles. The Kier molecular flexibility index (Phi) is 1.97. The molecule has 0 spiro atoms. The van der Waals surface area contributed by atoms with Gasteiger partial charge in [-0.25, -0.2) is 0 Å². The number of nitrogens with zero attached hydrogens (tertiary/aromatic N) is 1. The zero-order valence-corrected chi connectivity index (χ0v) is 6.28. The van der Waals surface area contributed by atoms with Crippen molar-refractivity contribution in [1.82, 2.24) is 5.43 Å². The Hall–Kier alpha value is -0.540. The Morgan fingerprint density at radius 1 is 1.80 bits per heavy atom. The number of nitrogens with one attached hydrogen (secondary N) is 1. The molecule has 1 rings (SSSR count). The molecule has 1 atom stereocenters. The van der Waals surface area contributed by atoms with Crippen LogP contribution in [0.3, 0.4) is 0 Å². The molecule has 3 nitrogen and oxygen atoms in total. The van der Waals surface area contributed by atoms with Crippen LogP contribution in [-0.2, 0) is 4.79 Å². The second-order valence-electron chi connectivity index (χ2n) is 1.69. The zero-order chi connectivity index (χ0) is 7.61. The van der Waals surface area contributed by atoms with E-state index in [0.29, 0.717) is 0 Å². The van der Waals surface area contributed by atoms with Gasteiger partial charge in [0.1, 0.15) is 5.17 Å². The number of allylic oxidation sites excluding steroid dienone is 1. The molecule has 0 aromatic carbocycles. The molecule has 10 heavy (non-hydrogen) atoms. The Morgan fingerprint density at radius 3 is 2.90 bits per heavy atom. The minimum absolute atomic E-state index is 0.256. The molecule has 1 unspecified atom stereocenters. The van der Waals surface area contributed by atoms with Gasteiger partial charge in [-0.3, -0.25) is 10.2 Å². The van der Waals surface area contributed by atoms with E-state index in [1.165, 1.54) is 12.2 Å². The van der Waals surface area contributed by atoms with Crippen LogP contribution in [0.1, 0.15) is 0 Å². The third-order valence-corrected chi connectivity index (χ3v) is 1.42. The molecule has 0 bridgehead atoms.